The average molecular weight is 362 g/mol. The van der Waals surface area contributed by atoms with Gasteiger partial charge in [0.2, 0.25) is 5.91 Å². The number of primary amides is 1. The summed E-state index contributed by atoms with van der Waals surface area (Å²) in [5, 5.41) is 0.981. The first-order valence-corrected chi connectivity index (χ1v) is 9.16. The fourth-order valence-electron chi connectivity index (χ4n) is 3.45. The molecule has 0 radical (unpaired) electrons. The lowest BCUT2D eigenvalue weighted by molar-refractivity contribution is 0.100. The molecule has 138 valence electrons. The molecule has 0 spiro atoms. The standard InChI is InChI=1S/C22H22N2O3/c1-14-2-9-19-17(11-21(25)27-20(19)10-14)13-24(18-7-8-18)12-15-3-5-16(6-4-15)22(23)26/h2-6,9-11,18H,7-8,12-13H2,1H3,(H2,23,26). The maximum Gasteiger partial charge on any atom is 0.336 e. The topological polar surface area (TPSA) is 76.5 Å². The van der Waals surface area contributed by atoms with Crippen LogP contribution in [0.4, 0.5) is 0 Å². The number of aryl methyl sites for hydroxylation is 1. The maximum atomic E-state index is 12.0. The summed E-state index contributed by atoms with van der Waals surface area (Å²) in [6.07, 6.45) is 2.33. The van der Waals surface area contributed by atoms with Crippen LogP contribution in [0.5, 0.6) is 0 Å². The van der Waals surface area contributed by atoms with E-state index in [4.69, 9.17) is 10.2 Å². The Hall–Kier alpha value is -2.92. The van der Waals surface area contributed by atoms with Gasteiger partial charge in [-0.05, 0) is 54.7 Å². The molecule has 2 aromatic carbocycles. The van der Waals surface area contributed by atoms with Gasteiger partial charge in [0.1, 0.15) is 5.58 Å². The monoisotopic (exact) mass is 362 g/mol. The third-order valence-electron chi connectivity index (χ3n) is 5.05. The summed E-state index contributed by atoms with van der Waals surface area (Å²) in [6, 6.07) is 15.5. The number of nitrogens with zero attached hydrogens (tertiary/aromatic N) is 1. The van der Waals surface area contributed by atoms with E-state index in [9.17, 15) is 9.59 Å². The third-order valence-corrected chi connectivity index (χ3v) is 5.05. The summed E-state index contributed by atoms with van der Waals surface area (Å²) >= 11 is 0. The molecule has 0 aliphatic heterocycles. The summed E-state index contributed by atoms with van der Waals surface area (Å²) < 4.78 is 5.38. The van der Waals surface area contributed by atoms with Crippen LogP contribution < -0.4 is 11.4 Å². The van der Waals surface area contributed by atoms with Crippen molar-refractivity contribution in [3.05, 3.63) is 81.2 Å². The van der Waals surface area contributed by atoms with E-state index in [0.29, 0.717) is 23.7 Å². The number of hydrogen-bond acceptors (Lipinski definition) is 4. The highest BCUT2D eigenvalue weighted by Crippen LogP contribution is 2.31. The number of benzene rings is 2. The zero-order valence-electron chi connectivity index (χ0n) is 15.3. The molecule has 2 N–H and O–H groups in total. The molecular weight excluding hydrogens is 340 g/mol. The Morgan fingerprint density at radius 1 is 1.11 bits per heavy atom. The molecule has 5 nitrogen and oxygen atoms in total. The van der Waals surface area contributed by atoms with Crippen molar-refractivity contribution in [1.82, 2.24) is 4.90 Å². The number of carbonyl (C=O) groups excluding carboxylic acids is 1. The second kappa shape index (κ2) is 7.00. The zero-order chi connectivity index (χ0) is 19.0. The van der Waals surface area contributed by atoms with Gasteiger partial charge in [-0.1, -0.05) is 24.3 Å². The van der Waals surface area contributed by atoms with Crippen LogP contribution in [-0.4, -0.2) is 16.8 Å². The van der Waals surface area contributed by atoms with Crippen LogP contribution in [0.25, 0.3) is 11.0 Å². The third kappa shape index (κ3) is 3.93. The minimum atomic E-state index is -0.418. The Morgan fingerprint density at radius 2 is 1.85 bits per heavy atom. The van der Waals surface area contributed by atoms with Crippen LogP contribution in [0.2, 0.25) is 0 Å². The summed E-state index contributed by atoms with van der Waals surface area (Å²) in [5.74, 6) is -0.418. The number of fused-ring (bicyclic) bond motifs is 1. The molecule has 1 aliphatic carbocycles. The Labute approximate surface area is 157 Å². The fraction of sp³-hybridized carbons (Fsp3) is 0.273. The summed E-state index contributed by atoms with van der Waals surface area (Å²) in [4.78, 5) is 25.6. The number of nitrogens with two attached hydrogens (primary N) is 1. The first-order chi connectivity index (χ1) is 13.0. The number of hydrogen-bond donors (Lipinski definition) is 1. The highest BCUT2D eigenvalue weighted by atomic mass is 16.4. The molecular formula is C22H22N2O3. The minimum Gasteiger partial charge on any atom is -0.423 e. The van der Waals surface area contributed by atoms with Crippen molar-refractivity contribution >= 4 is 16.9 Å². The molecule has 27 heavy (non-hydrogen) atoms. The van der Waals surface area contributed by atoms with Crippen LogP contribution in [0.15, 0.2) is 57.7 Å². The molecule has 0 saturated heterocycles. The summed E-state index contributed by atoms with van der Waals surface area (Å²) in [7, 11) is 0. The van der Waals surface area contributed by atoms with Gasteiger partial charge >= 0.3 is 5.63 Å². The summed E-state index contributed by atoms with van der Waals surface area (Å²) in [5.41, 5.74) is 9.33. The molecule has 1 aliphatic rings. The predicted octanol–water partition coefficient (Wildman–Crippen LogP) is 3.36. The van der Waals surface area contributed by atoms with E-state index >= 15 is 0 Å². The molecule has 4 rings (SSSR count). The molecule has 1 aromatic heterocycles. The lowest BCUT2D eigenvalue weighted by Gasteiger charge is -2.23. The van der Waals surface area contributed by atoms with Gasteiger partial charge in [0, 0.05) is 36.1 Å². The fourth-order valence-corrected chi connectivity index (χ4v) is 3.45. The van der Waals surface area contributed by atoms with E-state index in [1.807, 2.05) is 37.3 Å². The van der Waals surface area contributed by atoms with Crippen molar-refractivity contribution in [2.45, 2.75) is 38.9 Å². The molecule has 0 unspecified atom stereocenters. The van der Waals surface area contributed by atoms with Crippen molar-refractivity contribution in [1.29, 1.82) is 0 Å². The number of carbonyl (C=O) groups is 1. The summed E-state index contributed by atoms with van der Waals surface area (Å²) in [6.45, 7) is 3.43. The van der Waals surface area contributed by atoms with Crippen LogP contribution in [0.3, 0.4) is 0 Å². The first kappa shape index (κ1) is 17.5. The molecule has 1 saturated carbocycles. The second-order valence-corrected chi connectivity index (χ2v) is 7.29. The van der Waals surface area contributed by atoms with Crippen molar-refractivity contribution in [2.24, 2.45) is 5.73 Å². The molecule has 1 fully saturated rings. The van der Waals surface area contributed by atoms with Crippen molar-refractivity contribution < 1.29 is 9.21 Å². The van der Waals surface area contributed by atoms with Crippen LogP contribution in [0.1, 0.15) is 39.9 Å². The molecule has 1 heterocycles. The quantitative estimate of drug-likeness (QED) is 0.682. The molecule has 1 amide bonds. The van der Waals surface area contributed by atoms with Gasteiger partial charge in [0.15, 0.2) is 0 Å². The normalized spacial score (nSPS) is 14.0. The highest BCUT2D eigenvalue weighted by Gasteiger charge is 2.29. The Kier molecular flexibility index (Phi) is 4.54. The van der Waals surface area contributed by atoms with Crippen LogP contribution >= 0.6 is 0 Å². The Balaban J connectivity index is 1.61. The number of amides is 1. The van der Waals surface area contributed by atoms with Crippen molar-refractivity contribution in [3.63, 3.8) is 0 Å². The Bertz CT molecular complexity index is 1050. The lowest BCUT2D eigenvalue weighted by atomic mass is 10.1. The van der Waals surface area contributed by atoms with Gasteiger partial charge in [-0.3, -0.25) is 9.69 Å². The van der Waals surface area contributed by atoms with E-state index in [2.05, 4.69) is 4.90 Å². The van der Waals surface area contributed by atoms with E-state index in [-0.39, 0.29) is 5.63 Å². The Morgan fingerprint density at radius 3 is 2.52 bits per heavy atom. The first-order valence-electron chi connectivity index (χ1n) is 9.16. The largest absolute Gasteiger partial charge is 0.423 e. The predicted molar refractivity (Wildman–Crippen MR) is 104 cm³/mol. The van der Waals surface area contributed by atoms with Crippen LogP contribution in [-0.2, 0) is 13.1 Å². The van der Waals surface area contributed by atoms with Gasteiger partial charge in [0.25, 0.3) is 0 Å². The van der Waals surface area contributed by atoms with Gasteiger partial charge < -0.3 is 10.2 Å². The van der Waals surface area contributed by atoms with E-state index in [1.54, 1.807) is 18.2 Å². The average Bonchev–Trinajstić information content (AvgIpc) is 3.46. The van der Waals surface area contributed by atoms with E-state index in [1.165, 1.54) is 0 Å². The van der Waals surface area contributed by atoms with Gasteiger partial charge in [-0.25, -0.2) is 4.79 Å². The lowest BCUT2D eigenvalue weighted by Crippen LogP contribution is -2.25. The van der Waals surface area contributed by atoms with Crippen LogP contribution in [0, 0.1) is 6.92 Å². The molecule has 0 atom stereocenters. The van der Waals surface area contributed by atoms with E-state index in [0.717, 1.165) is 41.5 Å². The SMILES string of the molecule is Cc1ccc2c(CN(Cc3ccc(C(N)=O)cc3)C3CC3)cc(=O)oc2c1. The van der Waals surface area contributed by atoms with Gasteiger partial charge in [0.05, 0.1) is 0 Å². The van der Waals surface area contributed by atoms with Gasteiger partial charge in [-0.2, -0.15) is 0 Å². The smallest absolute Gasteiger partial charge is 0.336 e. The van der Waals surface area contributed by atoms with Gasteiger partial charge in [-0.15, -0.1) is 0 Å². The molecule has 5 heteroatoms. The van der Waals surface area contributed by atoms with Crippen molar-refractivity contribution in [2.75, 3.05) is 0 Å². The van der Waals surface area contributed by atoms with Crippen molar-refractivity contribution in [3.8, 4) is 0 Å². The molecule has 0 bridgehead atoms. The molecule has 3 aromatic rings. The van der Waals surface area contributed by atoms with E-state index < -0.39 is 5.91 Å². The highest BCUT2D eigenvalue weighted by molar-refractivity contribution is 5.92. The maximum absolute atomic E-state index is 12.0. The number of rotatable bonds is 6. The second-order valence-electron chi connectivity index (χ2n) is 7.29. The zero-order valence-corrected chi connectivity index (χ0v) is 15.3. The minimum absolute atomic E-state index is 0.315.